The fourth-order valence-corrected chi connectivity index (χ4v) is 8.28. The van der Waals surface area contributed by atoms with Crippen molar-refractivity contribution in [3.63, 3.8) is 0 Å². The molecule has 0 spiro atoms. The number of fused-ring (bicyclic) bond motifs is 1. The number of aromatic hydroxyl groups is 1. The van der Waals surface area contributed by atoms with Crippen molar-refractivity contribution >= 4 is 106 Å². The molecule has 0 atom stereocenters. The molecule has 0 saturated heterocycles. The molecule has 4 rings (SSSR count). The van der Waals surface area contributed by atoms with Gasteiger partial charge in [-0.05, 0) is 54.6 Å². The van der Waals surface area contributed by atoms with E-state index in [0.717, 1.165) is 6.07 Å². The summed E-state index contributed by atoms with van der Waals surface area (Å²) < 4.78 is 112. The number of benzene rings is 4. The van der Waals surface area contributed by atoms with E-state index >= 15 is 0 Å². The Morgan fingerprint density at radius 1 is 0.695 bits per heavy atom. The molecular formula is C28H29N5O20S6. The first kappa shape index (κ1) is 47.8. The van der Waals surface area contributed by atoms with E-state index in [4.69, 9.17) is 28.9 Å². The summed E-state index contributed by atoms with van der Waals surface area (Å²) in [6.07, 6.45) is 0. The van der Waals surface area contributed by atoms with Gasteiger partial charge in [0.1, 0.15) is 28.7 Å². The maximum atomic E-state index is 13.0. The van der Waals surface area contributed by atoms with Gasteiger partial charge in [-0.3, -0.25) is 12.9 Å². The number of sulfone groups is 2. The Bertz CT molecular complexity index is 2460. The second kappa shape index (κ2) is 22.7. The largest absolute Gasteiger partial charge is 0.505 e. The SMILES string of the molecule is COc1ccc(S(=O)(=O)CCOSOOO)cc1N=Nc1c(NCS(=O)(=O)O)ccc2c(O)c(N=Nc3cccc(S(=O)(=O)CCOSOOO)c3)c(SOOO)cc12. The van der Waals surface area contributed by atoms with Gasteiger partial charge in [-0.25, -0.2) is 32.6 Å². The quantitative estimate of drug-likeness (QED) is 0.0101. The van der Waals surface area contributed by atoms with E-state index in [1.807, 2.05) is 0 Å². The molecular weight excluding hydrogens is 919 g/mol. The zero-order valence-corrected chi connectivity index (χ0v) is 34.3. The zero-order chi connectivity index (χ0) is 43.1. The first-order valence-electron chi connectivity index (χ1n) is 15.4. The fourth-order valence-electron chi connectivity index (χ4n) is 4.58. The Balaban J connectivity index is 1.80. The first-order valence-corrected chi connectivity index (χ1v) is 22.4. The summed E-state index contributed by atoms with van der Waals surface area (Å²) in [4.78, 5) is -0.541. The Morgan fingerprint density at radius 2 is 1.32 bits per heavy atom. The average Bonchev–Trinajstić information content (AvgIpc) is 3.20. The molecule has 0 heterocycles. The standard InChI is InChI=1S/C28H29N5O20S6/c1-45-24-8-5-19(58(40,41)12-10-47-56-53-50-37)14-23(24)31-32-26-21-15-25(54-51-48-35)27(28(34)20(21)6-7-22(26)29-16-59(42,43)44)33-30-17-3-2-4-18(13-17)57(38,39)11-9-46-55-52-49-36/h2-8,13-15,29,34-37H,9-12,16H2,1H3,(H,42,43,44). The van der Waals surface area contributed by atoms with E-state index in [0.29, 0.717) is 12.0 Å². The molecule has 0 bridgehead atoms. The molecule has 0 radical (unpaired) electrons. The molecule has 4 aromatic carbocycles. The lowest BCUT2D eigenvalue weighted by atomic mass is 10.1. The van der Waals surface area contributed by atoms with Crippen molar-refractivity contribution in [1.29, 1.82) is 0 Å². The van der Waals surface area contributed by atoms with Crippen LogP contribution in [0, 0.1) is 0 Å². The summed E-state index contributed by atoms with van der Waals surface area (Å²) in [5.41, 5.74) is -0.712. The summed E-state index contributed by atoms with van der Waals surface area (Å²) in [5, 5.41) is 66.1. The van der Waals surface area contributed by atoms with E-state index in [1.165, 1.54) is 61.7 Å². The van der Waals surface area contributed by atoms with Crippen molar-refractivity contribution in [2.75, 3.05) is 43.0 Å². The number of phenols is 1. The van der Waals surface area contributed by atoms with Crippen molar-refractivity contribution in [2.24, 2.45) is 20.5 Å². The smallest absolute Gasteiger partial charge is 0.283 e. The third-order valence-electron chi connectivity index (χ3n) is 7.10. The molecule has 31 heteroatoms. The Morgan fingerprint density at radius 3 is 1.93 bits per heavy atom. The van der Waals surface area contributed by atoms with Crippen LogP contribution >= 0.6 is 36.7 Å². The molecule has 4 aromatic rings. The Hall–Kier alpha value is -3.84. The van der Waals surface area contributed by atoms with Gasteiger partial charge in [-0.15, -0.1) is 28.3 Å². The zero-order valence-electron chi connectivity index (χ0n) is 29.4. The predicted molar refractivity (Wildman–Crippen MR) is 205 cm³/mol. The van der Waals surface area contributed by atoms with E-state index < -0.39 is 59.5 Å². The van der Waals surface area contributed by atoms with Crippen LogP contribution in [-0.4, -0.2) is 88.4 Å². The van der Waals surface area contributed by atoms with E-state index in [-0.39, 0.29) is 90.9 Å². The van der Waals surface area contributed by atoms with Gasteiger partial charge in [0.25, 0.3) is 10.1 Å². The van der Waals surface area contributed by atoms with Gasteiger partial charge in [0.2, 0.25) is 0 Å². The number of hydrogen-bond donors (Lipinski definition) is 6. The molecule has 0 amide bonds. The van der Waals surface area contributed by atoms with Crippen molar-refractivity contribution in [3.8, 4) is 11.5 Å². The van der Waals surface area contributed by atoms with Gasteiger partial charge >= 0.3 is 0 Å². The van der Waals surface area contributed by atoms with Gasteiger partial charge in [0.15, 0.2) is 50.1 Å². The summed E-state index contributed by atoms with van der Waals surface area (Å²) in [6.45, 7) is -0.745. The number of nitrogens with zero attached hydrogens (tertiary/aromatic N) is 4. The minimum atomic E-state index is -4.61. The van der Waals surface area contributed by atoms with Gasteiger partial charge in [-0.2, -0.15) is 13.5 Å². The van der Waals surface area contributed by atoms with E-state index in [1.54, 1.807) is 0 Å². The van der Waals surface area contributed by atoms with Crippen LogP contribution in [0.5, 0.6) is 11.5 Å². The third-order valence-corrected chi connectivity index (χ3v) is 12.3. The summed E-state index contributed by atoms with van der Waals surface area (Å²) >= 11 is 0.698. The number of azo groups is 2. The number of hydrogen-bond acceptors (Lipinski definition) is 27. The van der Waals surface area contributed by atoms with Crippen molar-refractivity contribution in [3.05, 3.63) is 60.7 Å². The second-order valence-corrected chi connectivity index (χ2v) is 18.1. The second-order valence-electron chi connectivity index (χ2n) is 10.7. The molecule has 25 nitrogen and oxygen atoms in total. The molecule has 0 aliphatic rings. The Labute approximate surface area is 346 Å². The number of anilines is 1. The molecule has 6 N–H and O–H groups in total. The molecule has 0 aliphatic heterocycles. The summed E-state index contributed by atoms with van der Waals surface area (Å²) in [7, 11) is -11.3. The maximum absolute atomic E-state index is 13.0. The van der Waals surface area contributed by atoms with Crippen LogP contribution in [0.1, 0.15) is 0 Å². The monoisotopic (exact) mass is 947 g/mol. The van der Waals surface area contributed by atoms with Crippen molar-refractivity contribution in [1.82, 2.24) is 0 Å². The van der Waals surface area contributed by atoms with Gasteiger partial charge < -0.3 is 15.2 Å². The highest BCUT2D eigenvalue weighted by molar-refractivity contribution is 7.94. The topological polar surface area (TPSA) is 348 Å². The minimum absolute atomic E-state index is 0.00215. The van der Waals surface area contributed by atoms with Crippen LogP contribution in [0.3, 0.4) is 0 Å². The molecule has 0 aromatic heterocycles. The van der Waals surface area contributed by atoms with Crippen LogP contribution in [-0.2, 0) is 66.3 Å². The molecule has 59 heavy (non-hydrogen) atoms. The summed E-state index contributed by atoms with van der Waals surface area (Å²) in [5.74, 6) is -2.62. The summed E-state index contributed by atoms with van der Waals surface area (Å²) in [6, 6.07) is 12.7. The lowest BCUT2D eigenvalue weighted by Gasteiger charge is -2.14. The van der Waals surface area contributed by atoms with Crippen LogP contribution in [0.4, 0.5) is 28.4 Å². The minimum Gasteiger partial charge on any atom is -0.505 e. The number of methoxy groups -OCH3 is 1. The van der Waals surface area contributed by atoms with E-state index in [9.17, 15) is 34.9 Å². The lowest BCUT2D eigenvalue weighted by molar-refractivity contribution is -0.434. The van der Waals surface area contributed by atoms with Gasteiger partial charge in [0, 0.05) is 10.8 Å². The molecule has 0 unspecified atom stereocenters. The lowest BCUT2D eigenvalue weighted by Crippen LogP contribution is -2.13. The Kier molecular flexibility index (Phi) is 18.4. The number of nitrogens with one attached hydrogen (secondary N) is 1. The van der Waals surface area contributed by atoms with Crippen LogP contribution < -0.4 is 10.1 Å². The highest BCUT2D eigenvalue weighted by atomic mass is 32.2. The predicted octanol–water partition coefficient (Wildman–Crippen LogP) is 6.62. The maximum Gasteiger partial charge on any atom is 0.283 e. The number of ether oxygens (including phenoxy) is 1. The number of rotatable bonds is 25. The van der Waals surface area contributed by atoms with E-state index in [2.05, 4.69) is 53.9 Å². The molecule has 0 aliphatic carbocycles. The molecule has 0 fully saturated rings. The highest BCUT2D eigenvalue weighted by Crippen LogP contribution is 2.48. The van der Waals surface area contributed by atoms with Gasteiger partial charge in [-0.1, -0.05) is 21.2 Å². The first-order chi connectivity index (χ1) is 28.1. The molecule has 322 valence electrons. The number of phenolic OH excluding ortho intramolecular Hbond substituents is 1. The normalized spacial score (nSPS) is 12.6. The fraction of sp³-hybridized carbons (Fsp3) is 0.214. The highest BCUT2D eigenvalue weighted by Gasteiger charge is 2.22. The van der Waals surface area contributed by atoms with Crippen molar-refractivity contribution < 1.29 is 91.9 Å². The van der Waals surface area contributed by atoms with Crippen LogP contribution in [0.2, 0.25) is 0 Å². The van der Waals surface area contributed by atoms with Gasteiger partial charge in [0.05, 0.1) is 69.9 Å². The van der Waals surface area contributed by atoms with Crippen molar-refractivity contribution in [2.45, 2.75) is 14.7 Å². The van der Waals surface area contributed by atoms with Crippen LogP contribution in [0.15, 0.2) is 95.8 Å². The third kappa shape index (κ3) is 14.1. The average molecular weight is 948 g/mol. The van der Waals surface area contributed by atoms with Crippen LogP contribution in [0.25, 0.3) is 10.8 Å². The molecule has 0 saturated carbocycles.